The van der Waals surface area contributed by atoms with Gasteiger partial charge in [0.1, 0.15) is 48.0 Å². The third-order valence-electron chi connectivity index (χ3n) is 17.2. The standard InChI is InChI=1S/C64H75FN9O13PS/c1-35(37-15-17-39(18-16-37)56-36(2)67-34-89-56)68-59(79)51-31-45(75)32-73(51)62(82)57(63(3,4)5)72-54(77)14-9-7-8-11-40-28-46(22-23-47(40)65)85-33-44(21-26-53(66)76)69-60(80)52-30-41-13-10-12-38-19-24-49(61(81)74(52)55(38)41)71-58(78)50-29-42-27-43(20-25-48(42)70-50)64(6)86-87-88(64,83)84/h10,12-13,15-18,20,22-23,25,27-29,34-35,44-45,49,51-52,57,70,75H,7-9,11,14,19,21,24,26,30-33H2,1-6H3,(H2,66,76)(H,68,79)(H,69,80)(H,71,78)(H,72,77)(H,83,84)/t35-,44-,45+,49-,51-,52-,57+,64?/m0/s1. The Balaban J connectivity index is 0.713. The Morgan fingerprint density at radius 3 is 2.40 bits per heavy atom. The lowest BCUT2D eigenvalue weighted by molar-refractivity contribution is -0.334. The van der Waals surface area contributed by atoms with Crippen molar-refractivity contribution >= 4 is 76.9 Å². The molecular weight excluding hydrogens is 1180 g/mol. The first-order valence-corrected chi connectivity index (χ1v) is 32.4. The van der Waals surface area contributed by atoms with Crippen LogP contribution < -0.4 is 36.6 Å². The van der Waals surface area contributed by atoms with E-state index in [0.717, 1.165) is 32.8 Å². The van der Waals surface area contributed by atoms with Gasteiger partial charge >= 0.3 is 7.60 Å². The van der Waals surface area contributed by atoms with E-state index in [1.54, 1.807) is 47.2 Å². The Morgan fingerprint density at radius 1 is 0.955 bits per heavy atom. The molecule has 0 spiro atoms. The van der Waals surface area contributed by atoms with Crippen LogP contribution in [0.4, 0.5) is 10.1 Å². The van der Waals surface area contributed by atoms with Crippen LogP contribution in [0.25, 0.3) is 21.3 Å². The van der Waals surface area contributed by atoms with E-state index in [2.05, 4.69) is 35.9 Å². The highest BCUT2D eigenvalue weighted by molar-refractivity contribution is 7.54. The third kappa shape index (κ3) is 14.0. The highest BCUT2D eigenvalue weighted by Crippen LogP contribution is 2.70. The number of hydrogen-bond acceptors (Lipinski definition) is 14. The molecule has 472 valence electrons. The molecule has 2 unspecified atom stereocenters. The van der Waals surface area contributed by atoms with E-state index in [4.69, 9.17) is 15.4 Å². The van der Waals surface area contributed by atoms with Crippen LogP contribution >= 0.6 is 18.9 Å². The van der Waals surface area contributed by atoms with Crippen molar-refractivity contribution in [2.75, 3.05) is 18.1 Å². The molecule has 89 heavy (non-hydrogen) atoms. The van der Waals surface area contributed by atoms with Crippen LogP contribution in [0.2, 0.25) is 0 Å². The molecule has 9 atom stereocenters. The number of aryl methyl sites for hydroxylation is 3. The number of unbranched alkanes of at least 4 members (excludes halogenated alkanes) is 2. The molecule has 4 aliphatic heterocycles. The van der Waals surface area contributed by atoms with Crippen molar-refractivity contribution in [3.8, 4) is 16.2 Å². The summed E-state index contributed by atoms with van der Waals surface area (Å²) >= 11 is 1.55. The summed E-state index contributed by atoms with van der Waals surface area (Å²) in [5.41, 5.74) is 13.0. The lowest BCUT2D eigenvalue weighted by atomic mass is 9.85. The number of H-pyrrole nitrogens is 1. The molecule has 22 nitrogen and oxygen atoms in total. The number of β-amino-alcohol motifs (C(OH)–C–C–N with tert-alkyl or cyclic N) is 1. The number of aromatic amines is 1. The smallest absolute Gasteiger partial charge is 0.394 e. The van der Waals surface area contributed by atoms with Crippen molar-refractivity contribution in [3.63, 3.8) is 0 Å². The summed E-state index contributed by atoms with van der Waals surface area (Å²) in [7, 11) is -4.08. The average Bonchev–Trinajstić information content (AvgIpc) is 1.55. The minimum atomic E-state index is -4.08. The molecule has 0 bridgehead atoms. The zero-order valence-electron chi connectivity index (χ0n) is 50.4. The van der Waals surface area contributed by atoms with Gasteiger partial charge in [-0.2, -0.15) is 0 Å². The first kappa shape index (κ1) is 64.1. The fraction of sp³-hybridized carbons (Fsp3) is 0.438. The van der Waals surface area contributed by atoms with Gasteiger partial charge in [0.2, 0.25) is 40.8 Å². The molecule has 2 fully saturated rings. The molecule has 0 aliphatic carbocycles. The molecule has 4 aromatic carbocycles. The highest BCUT2D eigenvalue weighted by Gasteiger charge is 2.59. The number of nitrogens with one attached hydrogen (secondary N) is 5. The number of nitrogens with two attached hydrogens (primary N) is 1. The number of likely N-dealkylation sites (tertiary alicyclic amines) is 1. The number of primary amides is 1. The number of halogens is 1. The summed E-state index contributed by atoms with van der Waals surface area (Å²) in [5, 5.41) is 21.5. The lowest BCUT2D eigenvalue weighted by Crippen LogP contribution is -2.57. The van der Waals surface area contributed by atoms with Gasteiger partial charge < -0.3 is 51.6 Å². The number of aliphatic hydroxyl groups excluding tert-OH is 1. The number of amides is 7. The minimum Gasteiger partial charge on any atom is -0.491 e. The van der Waals surface area contributed by atoms with Gasteiger partial charge in [0.05, 0.1) is 40.0 Å². The van der Waals surface area contributed by atoms with Gasteiger partial charge in [-0.1, -0.05) is 75.7 Å². The zero-order chi connectivity index (χ0) is 63.7. The number of rotatable bonds is 23. The molecule has 6 heterocycles. The van der Waals surface area contributed by atoms with E-state index in [-0.39, 0.29) is 63.3 Å². The van der Waals surface area contributed by atoms with Gasteiger partial charge in [-0.15, -0.1) is 16.0 Å². The van der Waals surface area contributed by atoms with Gasteiger partial charge in [-0.25, -0.2) is 14.3 Å². The Morgan fingerprint density at radius 2 is 1.71 bits per heavy atom. The Bertz CT molecular complexity index is 3760. The zero-order valence-corrected chi connectivity index (χ0v) is 52.1. The topological polar surface area (TPSA) is 314 Å². The third-order valence-corrected chi connectivity index (χ3v) is 19.9. The van der Waals surface area contributed by atoms with Crippen molar-refractivity contribution in [3.05, 3.63) is 135 Å². The Labute approximate surface area is 518 Å². The predicted octanol–water partition coefficient (Wildman–Crippen LogP) is 7.36. The normalized spacial score (nSPS) is 22.3. The van der Waals surface area contributed by atoms with Crippen LogP contribution in [0.15, 0.2) is 90.4 Å². The monoisotopic (exact) mass is 1260 g/mol. The van der Waals surface area contributed by atoms with E-state index in [1.807, 2.05) is 77.1 Å². The number of para-hydroxylation sites is 1. The molecule has 25 heteroatoms. The van der Waals surface area contributed by atoms with Crippen molar-refractivity contribution in [2.45, 2.75) is 160 Å². The molecule has 9 N–H and O–H groups in total. The molecule has 10 rings (SSSR count). The van der Waals surface area contributed by atoms with Gasteiger partial charge in [0.15, 0.2) is 0 Å². The number of aliphatic hydroxyl groups is 1. The Hall–Kier alpha value is -7.86. The number of anilines is 1. The second kappa shape index (κ2) is 26.3. The number of benzene rings is 4. The Kier molecular flexibility index (Phi) is 19.0. The molecule has 6 aromatic rings. The molecule has 7 amide bonds. The molecule has 2 aromatic heterocycles. The van der Waals surface area contributed by atoms with Gasteiger partial charge in [-0.3, -0.25) is 43.0 Å². The number of thiazole rings is 1. The molecule has 4 aliphatic rings. The van der Waals surface area contributed by atoms with Gasteiger partial charge in [0.25, 0.3) is 5.91 Å². The number of nitrogens with zero attached hydrogens (tertiary/aromatic N) is 3. The first-order valence-electron chi connectivity index (χ1n) is 30.0. The van der Waals surface area contributed by atoms with E-state index in [1.165, 1.54) is 28.9 Å². The number of aromatic nitrogens is 2. The highest BCUT2D eigenvalue weighted by atomic mass is 32.1. The van der Waals surface area contributed by atoms with Crippen molar-refractivity contribution in [2.24, 2.45) is 11.1 Å². The van der Waals surface area contributed by atoms with Gasteiger partial charge in [-0.05, 0) is 134 Å². The summed E-state index contributed by atoms with van der Waals surface area (Å²) in [6, 6.07) is 18.9. The number of carbonyl (C=O) groups excluding carboxylic acids is 7. The maximum Gasteiger partial charge on any atom is 0.394 e. The molecule has 0 radical (unpaired) electrons. The number of carbonyl (C=O) groups is 7. The maximum atomic E-state index is 15.3. The number of fused-ring (bicyclic) bond motifs is 1. The van der Waals surface area contributed by atoms with Crippen LogP contribution in [-0.4, -0.2) is 116 Å². The first-order chi connectivity index (χ1) is 42.3. The van der Waals surface area contributed by atoms with Crippen LogP contribution in [0.1, 0.15) is 136 Å². The summed E-state index contributed by atoms with van der Waals surface area (Å²) in [6.45, 7) is 10.5. The van der Waals surface area contributed by atoms with Crippen LogP contribution in [-0.2, 0) is 67.5 Å². The summed E-state index contributed by atoms with van der Waals surface area (Å²) in [6.07, 6.45) is 1.76. The second-order valence-electron chi connectivity index (χ2n) is 24.8. The summed E-state index contributed by atoms with van der Waals surface area (Å²) < 4.78 is 38.4. The van der Waals surface area contributed by atoms with Crippen LogP contribution in [0.5, 0.6) is 5.75 Å². The summed E-state index contributed by atoms with van der Waals surface area (Å²) in [5.74, 6) is -3.64. The van der Waals surface area contributed by atoms with E-state index in [9.17, 15) is 48.1 Å². The van der Waals surface area contributed by atoms with Crippen LogP contribution in [0.3, 0.4) is 0 Å². The minimum absolute atomic E-state index is 0.0482. The predicted molar refractivity (Wildman–Crippen MR) is 329 cm³/mol. The van der Waals surface area contributed by atoms with Crippen molar-refractivity contribution in [1.82, 2.24) is 36.1 Å². The van der Waals surface area contributed by atoms with E-state index >= 15 is 4.39 Å². The quantitative estimate of drug-likeness (QED) is 0.0177. The number of ether oxygens (including phenoxy) is 1. The fourth-order valence-corrected chi connectivity index (χ4v) is 13.7. The van der Waals surface area contributed by atoms with E-state index in [0.29, 0.717) is 65.6 Å². The van der Waals surface area contributed by atoms with E-state index < -0.39 is 102 Å². The lowest BCUT2D eigenvalue weighted by Gasteiger charge is -2.39. The van der Waals surface area contributed by atoms with Crippen molar-refractivity contribution in [1.29, 1.82) is 0 Å². The van der Waals surface area contributed by atoms with Crippen LogP contribution in [0, 0.1) is 18.2 Å². The fourth-order valence-electron chi connectivity index (χ4n) is 12.0. The van der Waals surface area contributed by atoms with Gasteiger partial charge in [0, 0.05) is 43.1 Å². The summed E-state index contributed by atoms with van der Waals surface area (Å²) in [4.78, 5) is 123. The maximum absolute atomic E-state index is 15.3. The van der Waals surface area contributed by atoms with Crippen molar-refractivity contribution < 1.29 is 66.8 Å². The second-order valence-corrected chi connectivity index (χ2v) is 27.7. The SMILES string of the molecule is Cc1ncsc1-c1ccc([C@H](C)NC(=O)[C@@H]2C[C@@H](O)CN2C(=O)[C@@H](NC(=O)CCCCCc2cc(OC[C@H](CCC(N)=O)NC(=O)[C@@H]3Cc4cccc5c4N3C(=O)[C@@H](NC(=O)c3cc4cc(C6(C)OOP6(=O)O)ccc4[nH]3)CC5)ccc2F)C(C)(C)C)cc1. The number of hydrogen-bond donors (Lipinski definition) is 8. The molecule has 2 saturated heterocycles. The molecular formula is C64H75FN9O13PS. The molecule has 0 saturated carbocycles. The average molecular weight is 1260 g/mol. The largest absolute Gasteiger partial charge is 0.491 e.